The zero-order chi connectivity index (χ0) is 12.0. The Kier molecular flexibility index (Phi) is 2.22. The van der Waals surface area contributed by atoms with Gasteiger partial charge in [-0.25, -0.2) is 22.0 Å². The largest absolute Gasteiger partial charge is 0.508 e. The first-order valence-corrected chi connectivity index (χ1v) is 4.07. The van der Waals surface area contributed by atoms with Crippen LogP contribution in [0.2, 0.25) is 0 Å². The van der Waals surface area contributed by atoms with Gasteiger partial charge >= 0.3 is 0 Å². The Labute approximate surface area is 85.7 Å². The number of benzene rings is 2. The zero-order valence-electron chi connectivity index (χ0n) is 7.49. The molecule has 0 aliphatic rings. The van der Waals surface area contributed by atoms with Gasteiger partial charge in [-0.05, 0) is 6.07 Å². The first-order valence-electron chi connectivity index (χ1n) is 4.07. The van der Waals surface area contributed by atoms with Gasteiger partial charge < -0.3 is 5.11 Å². The van der Waals surface area contributed by atoms with Gasteiger partial charge in [0.1, 0.15) is 11.6 Å². The number of hydrogen-bond acceptors (Lipinski definition) is 1. The maximum absolute atomic E-state index is 13.1. The summed E-state index contributed by atoms with van der Waals surface area (Å²) in [6.45, 7) is 0. The second kappa shape index (κ2) is 3.33. The Bertz CT molecular complexity index is 594. The van der Waals surface area contributed by atoms with E-state index in [4.69, 9.17) is 5.11 Å². The summed E-state index contributed by atoms with van der Waals surface area (Å²) in [5.74, 6) is -9.79. The molecule has 84 valence electrons. The number of aromatic hydroxyl groups is 1. The summed E-state index contributed by atoms with van der Waals surface area (Å²) in [5.41, 5.74) is 0. The molecule has 6 heteroatoms. The minimum absolute atomic E-state index is 0.474. The van der Waals surface area contributed by atoms with Gasteiger partial charge in [-0.15, -0.1) is 0 Å². The molecule has 0 radical (unpaired) electrons. The SMILES string of the molecule is Oc1cc(F)c2c(F)c(F)c(F)c(F)c2c1. The lowest BCUT2D eigenvalue weighted by molar-refractivity contribution is 0.415. The molecule has 0 heterocycles. The van der Waals surface area contributed by atoms with Gasteiger partial charge in [0, 0.05) is 11.5 Å². The van der Waals surface area contributed by atoms with E-state index in [-0.39, 0.29) is 0 Å². The third kappa shape index (κ3) is 1.30. The van der Waals surface area contributed by atoms with Crippen molar-refractivity contribution < 1.29 is 27.1 Å². The summed E-state index contributed by atoms with van der Waals surface area (Å²) in [4.78, 5) is 0. The quantitative estimate of drug-likeness (QED) is 0.421. The fourth-order valence-electron chi connectivity index (χ4n) is 1.41. The highest BCUT2D eigenvalue weighted by atomic mass is 19.2. The van der Waals surface area contributed by atoms with Crippen LogP contribution in [0.15, 0.2) is 12.1 Å². The van der Waals surface area contributed by atoms with Crippen molar-refractivity contribution >= 4 is 10.8 Å². The standard InChI is InChI=1S/C10H3F5O/c11-5-2-3(16)1-4-6(5)8(13)10(15)9(14)7(4)12/h1-2,16H. The van der Waals surface area contributed by atoms with E-state index in [1.54, 1.807) is 0 Å². The molecular weight excluding hydrogens is 231 g/mol. The van der Waals surface area contributed by atoms with Gasteiger partial charge in [-0.2, -0.15) is 0 Å². The molecule has 0 aliphatic heterocycles. The van der Waals surface area contributed by atoms with Gasteiger partial charge in [-0.1, -0.05) is 0 Å². The molecule has 2 rings (SSSR count). The Hall–Kier alpha value is -1.85. The number of halogens is 5. The summed E-state index contributed by atoms with van der Waals surface area (Å²) >= 11 is 0. The minimum Gasteiger partial charge on any atom is -0.508 e. The van der Waals surface area contributed by atoms with Gasteiger partial charge in [0.05, 0.1) is 5.39 Å². The van der Waals surface area contributed by atoms with Crippen LogP contribution in [0.4, 0.5) is 22.0 Å². The normalized spacial score (nSPS) is 11.1. The monoisotopic (exact) mass is 234 g/mol. The van der Waals surface area contributed by atoms with Crippen LogP contribution in [0, 0.1) is 29.1 Å². The van der Waals surface area contributed by atoms with Crippen LogP contribution >= 0.6 is 0 Å². The van der Waals surface area contributed by atoms with Crippen molar-refractivity contribution in [2.75, 3.05) is 0 Å². The Morgan fingerprint density at radius 3 is 1.94 bits per heavy atom. The number of rotatable bonds is 0. The molecule has 16 heavy (non-hydrogen) atoms. The zero-order valence-corrected chi connectivity index (χ0v) is 7.49. The van der Waals surface area contributed by atoms with Crippen LogP contribution in [-0.4, -0.2) is 5.11 Å². The summed E-state index contributed by atoms with van der Waals surface area (Å²) in [6, 6.07) is 1.08. The van der Waals surface area contributed by atoms with Gasteiger partial charge in [0.25, 0.3) is 0 Å². The number of phenols is 1. The van der Waals surface area contributed by atoms with E-state index in [0.717, 1.165) is 0 Å². The second-order valence-corrected chi connectivity index (χ2v) is 3.11. The molecule has 0 aliphatic carbocycles. The lowest BCUT2D eigenvalue weighted by Gasteiger charge is -2.06. The highest BCUT2D eigenvalue weighted by molar-refractivity contribution is 5.86. The topological polar surface area (TPSA) is 20.2 Å². The Morgan fingerprint density at radius 2 is 1.31 bits per heavy atom. The Morgan fingerprint density at radius 1 is 0.750 bits per heavy atom. The van der Waals surface area contributed by atoms with Crippen LogP contribution in [0.5, 0.6) is 5.75 Å². The maximum atomic E-state index is 13.1. The van der Waals surface area contributed by atoms with Crippen molar-refractivity contribution in [3.63, 3.8) is 0 Å². The molecule has 0 unspecified atom stereocenters. The fourth-order valence-corrected chi connectivity index (χ4v) is 1.41. The fraction of sp³-hybridized carbons (Fsp3) is 0. The maximum Gasteiger partial charge on any atom is 0.198 e. The van der Waals surface area contributed by atoms with Crippen molar-refractivity contribution in [2.24, 2.45) is 0 Å². The van der Waals surface area contributed by atoms with E-state index in [1.807, 2.05) is 0 Å². The summed E-state index contributed by atoms with van der Waals surface area (Å²) in [6.07, 6.45) is 0. The van der Waals surface area contributed by atoms with Gasteiger partial charge in [0.2, 0.25) is 0 Å². The van der Waals surface area contributed by atoms with E-state index in [2.05, 4.69) is 0 Å². The molecule has 0 atom stereocenters. The first kappa shape index (κ1) is 10.7. The lowest BCUT2D eigenvalue weighted by atomic mass is 10.1. The third-order valence-corrected chi connectivity index (χ3v) is 2.11. The smallest absolute Gasteiger partial charge is 0.198 e. The number of hydrogen-bond donors (Lipinski definition) is 1. The molecule has 1 nitrogen and oxygen atoms in total. The first-order chi connectivity index (χ1) is 7.43. The van der Waals surface area contributed by atoms with Crippen molar-refractivity contribution in [1.29, 1.82) is 0 Å². The Balaban J connectivity index is 3.08. The van der Waals surface area contributed by atoms with Gasteiger partial charge in [0.15, 0.2) is 23.3 Å². The van der Waals surface area contributed by atoms with Crippen LogP contribution in [0.25, 0.3) is 10.8 Å². The van der Waals surface area contributed by atoms with Crippen LogP contribution < -0.4 is 0 Å². The molecule has 0 aromatic heterocycles. The predicted molar refractivity (Wildman–Crippen MR) is 45.4 cm³/mol. The molecule has 2 aromatic carbocycles. The molecule has 0 fully saturated rings. The predicted octanol–water partition coefficient (Wildman–Crippen LogP) is 3.24. The third-order valence-electron chi connectivity index (χ3n) is 2.11. The molecule has 2 aromatic rings. The van der Waals surface area contributed by atoms with E-state index >= 15 is 0 Å². The number of phenolic OH excluding ortho intramolecular Hbond substituents is 1. The molecule has 1 N–H and O–H groups in total. The summed E-state index contributed by atoms with van der Waals surface area (Å²) in [7, 11) is 0. The minimum atomic E-state index is -2.09. The summed E-state index contributed by atoms with van der Waals surface area (Å²) in [5, 5.41) is 7.06. The molecule has 0 amide bonds. The molecule has 0 saturated heterocycles. The lowest BCUT2D eigenvalue weighted by Crippen LogP contribution is -1.99. The summed E-state index contributed by atoms with van der Waals surface area (Å²) < 4.78 is 65.0. The van der Waals surface area contributed by atoms with Crippen molar-refractivity contribution in [1.82, 2.24) is 0 Å². The molecule has 0 saturated carbocycles. The average Bonchev–Trinajstić information content (AvgIpc) is 2.22. The van der Waals surface area contributed by atoms with E-state index < -0.39 is 45.6 Å². The van der Waals surface area contributed by atoms with Crippen LogP contribution in [-0.2, 0) is 0 Å². The second-order valence-electron chi connectivity index (χ2n) is 3.11. The van der Waals surface area contributed by atoms with Crippen LogP contribution in [0.1, 0.15) is 0 Å². The van der Waals surface area contributed by atoms with Gasteiger partial charge in [-0.3, -0.25) is 0 Å². The molecule has 0 spiro atoms. The van der Waals surface area contributed by atoms with E-state index in [9.17, 15) is 22.0 Å². The number of fused-ring (bicyclic) bond motifs is 1. The van der Waals surface area contributed by atoms with E-state index in [1.165, 1.54) is 0 Å². The van der Waals surface area contributed by atoms with Crippen molar-refractivity contribution in [2.45, 2.75) is 0 Å². The highest BCUT2D eigenvalue weighted by Gasteiger charge is 2.23. The molecular formula is C10H3F5O. The van der Waals surface area contributed by atoms with Crippen molar-refractivity contribution in [3.8, 4) is 5.75 Å². The average molecular weight is 234 g/mol. The molecule has 0 bridgehead atoms. The van der Waals surface area contributed by atoms with E-state index in [0.29, 0.717) is 12.1 Å². The van der Waals surface area contributed by atoms with Crippen LogP contribution in [0.3, 0.4) is 0 Å². The highest BCUT2D eigenvalue weighted by Crippen LogP contribution is 2.31. The van der Waals surface area contributed by atoms with Crippen molar-refractivity contribution in [3.05, 3.63) is 41.2 Å².